The summed E-state index contributed by atoms with van der Waals surface area (Å²) in [6.07, 6.45) is 0.728. The number of nitrogens with zero attached hydrogens (tertiary/aromatic N) is 1. The number of amides is 4. The van der Waals surface area contributed by atoms with Crippen molar-refractivity contribution in [1.29, 1.82) is 0 Å². The SMILES string of the molecule is CC(O)C(NC(=O)C(N)Cc1ccccc1)C(=O)NC(Cc1cnc[nH]1)C(=O)NC(CC(N)=O)C(=O)O. The maximum Gasteiger partial charge on any atom is 0.326 e. The summed E-state index contributed by atoms with van der Waals surface area (Å²) in [6, 6.07) is 3.46. The van der Waals surface area contributed by atoms with E-state index in [1.165, 1.54) is 19.4 Å². The van der Waals surface area contributed by atoms with E-state index >= 15 is 0 Å². The minimum Gasteiger partial charge on any atom is -0.480 e. The van der Waals surface area contributed by atoms with Crippen LogP contribution in [0.15, 0.2) is 42.9 Å². The first kappa shape index (κ1) is 28.9. The maximum atomic E-state index is 13.0. The molecular formula is C23H31N7O7. The first-order valence-electron chi connectivity index (χ1n) is 11.3. The molecule has 0 fully saturated rings. The van der Waals surface area contributed by atoms with Gasteiger partial charge in [0.05, 0.1) is 24.9 Å². The second-order valence-electron chi connectivity index (χ2n) is 8.44. The van der Waals surface area contributed by atoms with Crippen LogP contribution in [0.5, 0.6) is 0 Å². The van der Waals surface area contributed by atoms with Crippen LogP contribution in [0.2, 0.25) is 0 Å². The van der Waals surface area contributed by atoms with Crippen LogP contribution in [-0.2, 0) is 36.8 Å². The first-order chi connectivity index (χ1) is 17.5. The number of aliphatic hydroxyl groups is 1. The number of carbonyl (C=O) groups is 5. The lowest BCUT2D eigenvalue weighted by Gasteiger charge is -2.26. The zero-order chi connectivity index (χ0) is 27.5. The molecule has 2 rings (SSSR count). The summed E-state index contributed by atoms with van der Waals surface area (Å²) in [4.78, 5) is 67.7. The Kier molecular flexibility index (Phi) is 10.7. The van der Waals surface area contributed by atoms with Gasteiger partial charge >= 0.3 is 5.97 Å². The normalized spacial score (nSPS) is 14.9. The van der Waals surface area contributed by atoms with Gasteiger partial charge in [0.1, 0.15) is 18.1 Å². The molecule has 1 aromatic heterocycles. The fourth-order valence-corrected chi connectivity index (χ4v) is 3.39. The summed E-state index contributed by atoms with van der Waals surface area (Å²) < 4.78 is 0. The number of nitrogens with two attached hydrogens (primary N) is 2. The summed E-state index contributed by atoms with van der Waals surface area (Å²) in [7, 11) is 0. The minimum atomic E-state index is -1.63. The number of aliphatic hydroxyl groups excluding tert-OH is 1. The highest BCUT2D eigenvalue weighted by atomic mass is 16.4. The Morgan fingerprint density at radius 1 is 0.973 bits per heavy atom. The maximum absolute atomic E-state index is 13.0. The molecule has 37 heavy (non-hydrogen) atoms. The molecule has 0 spiro atoms. The zero-order valence-electron chi connectivity index (χ0n) is 20.1. The Hall–Kier alpha value is -4.30. The van der Waals surface area contributed by atoms with Gasteiger partial charge in [0.2, 0.25) is 23.6 Å². The van der Waals surface area contributed by atoms with Gasteiger partial charge in [-0.05, 0) is 18.9 Å². The topological polar surface area (TPSA) is 243 Å². The van der Waals surface area contributed by atoms with Crippen LogP contribution in [0.4, 0.5) is 0 Å². The number of aliphatic carboxylic acids is 1. The number of hydrogen-bond acceptors (Lipinski definition) is 8. The van der Waals surface area contributed by atoms with Gasteiger partial charge in [-0.1, -0.05) is 30.3 Å². The standard InChI is InChI=1S/C23H31N7O7/c1-12(31)19(30-20(33)15(24)7-13-5-3-2-4-6-13)22(35)28-16(8-14-10-26-11-27-14)21(34)29-17(23(36)37)9-18(25)32/h2-6,10-12,15-17,19,31H,7-9,24H2,1H3,(H2,25,32)(H,26,27)(H,28,35)(H,29,34)(H,30,33)(H,36,37). The Bertz CT molecular complexity index is 1080. The molecule has 1 aromatic carbocycles. The Morgan fingerprint density at radius 2 is 1.62 bits per heavy atom. The number of carboxylic acids is 1. The number of imidazole rings is 1. The third-order valence-electron chi connectivity index (χ3n) is 5.33. The van der Waals surface area contributed by atoms with Crippen molar-refractivity contribution in [3.8, 4) is 0 Å². The van der Waals surface area contributed by atoms with Crippen LogP contribution >= 0.6 is 0 Å². The van der Waals surface area contributed by atoms with Crippen molar-refractivity contribution in [3.63, 3.8) is 0 Å². The van der Waals surface area contributed by atoms with Gasteiger partial charge in [-0.15, -0.1) is 0 Å². The first-order valence-corrected chi connectivity index (χ1v) is 11.3. The average molecular weight is 518 g/mol. The molecule has 10 N–H and O–H groups in total. The number of benzene rings is 1. The van der Waals surface area contributed by atoms with Crippen LogP contribution in [0, 0.1) is 0 Å². The Balaban J connectivity index is 2.14. The second kappa shape index (κ2) is 13.7. The van der Waals surface area contributed by atoms with Crippen LogP contribution in [0.3, 0.4) is 0 Å². The third-order valence-corrected chi connectivity index (χ3v) is 5.33. The van der Waals surface area contributed by atoms with Crippen LogP contribution in [0.1, 0.15) is 24.6 Å². The third kappa shape index (κ3) is 9.35. The van der Waals surface area contributed by atoms with Crippen molar-refractivity contribution < 1.29 is 34.2 Å². The van der Waals surface area contributed by atoms with Gasteiger partial charge in [0, 0.05) is 18.3 Å². The quantitative estimate of drug-likeness (QED) is 0.130. The molecule has 0 aliphatic heterocycles. The number of carboxylic acid groups (broad SMARTS) is 1. The highest BCUT2D eigenvalue weighted by Gasteiger charge is 2.33. The van der Waals surface area contributed by atoms with Gasteiger partial charge in [0.25, 0.3) is 0 Å². The summed E-state index contributed by atoms with van der Waals surface area (Å²) in [6.45, 7) is 1.27. The molecule has 200 valence electrons. The minimum absolute atomic E-state index is 0.144. The average Bonchev–Trinajstić information content (AvgIpc) is 3.34. The second-order valence-corrected chi connectivity index (χ2v) is 8.44. The number of primary amides is 1. The van der Waals surface area contributed by atoms with Gasteiger partial charge < -0.3 is 42.6 Å². The van der Waals surface area contributed by atoms with Crippen LogP contribution in [-0.4, -0.2) is 80.1 Å². The number of H-pyrrole nitrogens is 1. The lowest BCUT2D eigenvalue weighted by molar-refractivity contribution is -0.143. The van der Waals surface area contributed by atoms with Crippen molar-refractivity contribution in [2.75, 3.05) is 0 Å². The van der Waals surface area contributed by atoms with E-state index in [1.54, 1.807) is 24.3 Å². The highest BCUT2D eigenvalue weighted by Crippen LogP contribution is 2.05. The van der Waals surface area contributed by atoms with Crippen molar-refractivity contribution in [2.24, 2.45) is 11.5 Å². The van der Waals surface area contributed by atoms with E-state index in [1.807, 2.05) is 6.07 Å². The molecular weight excluding hydrogens is 486 g/mol. The molecule has 4 amide bonds. The van der Waals surface area contributed by atoms with E-state index in [9.17, 15) is 34.2 Å². The van der Waals surface area contributed by atoms with Crippen LogP contribution < -0.4 is 27.4 Å². The number of aromatic nitrogens is 2. The number of aromatic amines is 1. The predicted molar refractivity (Wildman–Crippen MR) is 129 cm³/mol. The molecule has 0 aliphatic carbocycles. The van der Waals surface area contributed by atoms with E-state index in [-0.39, 0.29) is 12.8 Å². The molecule has 14 heteroatoms. The molecule has 0 aliphatic rings. The number of carbonyl (C=O) groups excluding carboxylic acids is 4. The monoisotopic (exact) mass is 517 g/mol. The number of rotatable bonds is 14. The Labute approximate surface area is 212 Å². The van der Waals surface area contributed by atoms with E-state index in [2.05, 4.69) is 25.9 Å². The molecule has 0 radical (unpaired) electrons. The summed E-state index contributed by atoms with van der Waals surface area (Å²) in [5.74, 6) is -5.01. The lowest BCUT2D eigenvalue weighted by atomic mass is 10.0. The molecule has 5 atom stereocenters. The summed E-state index contributed by atoms with van der Waals surface area (Å²) in [5.41, 5.74) is 12.2. The molecule has 0 saturated heterocycles. The highest BCUT2D eigenvalue weighted by molar-refractivity contribution is 5.95. The van der Waals surface area contributed by atoms with Crippen molar-refractivity contribution in [1.82, 2.24) is 25.9 Å². The van der Waals surface area contributed by atoms with Gasteiger partial charge in [-0.25, -0.2) is 9.78 Å². The summed E-state index contributed by atoms with van der Waals surface area (Å²) >= 11 is 0. The molecule has 0 bridgehead atoms. The molecule has 2 aromatic rings. The van der Waals surface area contributed by atoms with E-state index in [0.717, 1.165) is 5.56 Å². The van der Waals surface area contributed by atoms with E-state index in [4.69, 9.17) is 11.5 Å². The fourth-order valence-electron chi connectivity index (χ4n) is 3.39. The van der Waals surface area contributed by atoms with Crippen molar-refractivity contribution in [3.05, 3.63) is 54.1 Å². The molecule has 14 nitrogen and oxygen atoms in total. The van der Waals surface area contributed by atoms with E-state index < -0.39 is 66.3 Å². The van der Waals surface area contributed by atoms with Crippen molar-refractivity contribution >= 4 is 29.6 Å². The predicted octanol–water partition coefficient (Wildman–Crippen LogP) is -2.68. The Morgan fingerprint density at radius 3 is 2.16 bits per heavy atom. The molecule has 1 heterocycles. The largest absolute Gasteiger partial charge is 0.480 e. The van der Waals surface area contributed by atoms with E-state index in [0.29, 0.717) is 5.69 Å². The van der Waals surface area contributed by atoms with Crippen molar-refractivity contribution in [2.45, 2.75) is 56.5 Å². The van der Waals surface area contributed by atoms with Gasteiger partial charge in [0.15, 0.2) is 0 Å². The van der Waals surface area contributed by atoms with Gasteiger partial charge in [-0.3, -0.25) is 19.2 Å². The molecule has 0 saturated carbocycles. The molecule has 5 unspecified atom stereocenters. The van der Waals surface area contributed by atoms with Gasteiger partial charge in [-0.2, -0.15) is 0 Å². The summed E-state index contributed by atoms with van der Waals surface area (Å²) in [5, 5.41) is 26.4. The lowest BCUT2D eigenvalue weighted by Crippen LogP contribution is -2.60. The zero-order valence-corrected chi connectivity index (χ0v) is 20.1. The smallest absolute Gasteiger partial charge is 0.326 e. The number of hydrogen-bond donors (Lipinski definition) is 8. The van der Waals surface area contributed by atoms with Crippen LogP contribution in [0.25, 0.3) is 0 Å². The fraction of sp³-hybridized carbons (Fsp3) is 0.391. The number of nitrogens with one attached hydrogen (secondary N) is 4.